The van der Waals surface area contributed by atoms with Gasteiger partial charge >= 0.3 is 5.97 Å². The van der Waals surface area contributed by atoms with Gasteiger partial charge in [-0.1, -0.05) is 116 Å². The highest BCUT2D eigenvalue weighted by atomic mass is 16.6. The summed E-state index contributed by atoms with van der Waals surface area (Å²) in [6, 6.07) is 28.5. The van der Waals surface area contributed by atoms with Crippen molar-refractivity contribution < 1.29 is 19.4 Å². The van der Waals surface area contributed by atoms with E-state index in [1.54, 1.807) is 0 Å². The van der Waals surface area contributed by atoms with E-state index < -0.39 is 29.0 Å². The molecular formula is C30H28O4. The minimum absolute atomic E-state index is 0.0248. The van der Waals surface area contributed by atoms with E-state index in [1.807, 2.05) is 110 Å². The second-order valence-corrected chi connectivity index (χ2v) is 8.55. The largest absolute Gasteiger partial charge is 0.504 e. The molecule has 0 fully saturated rings. The molecule has 0 aliphatic carbocycles. The first-order valence-electron chi connectivity index (χ1n) is 11.6. The minimum atomic E-state index is -1.41. The van der Waals surface area contributed by atoms with Gasteiger partial charge in [-0.15, -0.1) is 0 Å². The molecule has 0 radical (unpaired) electrons. The number of benzene rings is 3. The van der Waals surface area contributed by atoms with Gasteiger partial charge < -0.3 is 9.84 Å². The quantitative estimate of drug-likeness (QED) is 0.413. The molecule has 0 aromatic heterocycles. The Morgan fingerprint density at radius 2 is 1.47 bits per heavy atom. The van der Waals surface area contributed by atoms with Crippen LogP contribution in [0.15, 0.2) is 108 Å². The number of carbonyl (C=O) groups is 2. The van der Waals surface area contributed by atoms with E-state index in [4.69, 9.17) is 4.74 Å². The van der Waals surface area contributed by atoms with Gasteiger partial charge in [0.15, 0.2) is 11.4 Å². The normalized spacial score (nSPS) is 19.3. The maximum atomic E-state index is 13.6. The minimum Gasteiger partial charge on any atom is -0.504 e. The van der Waals surface area contributed by atoms with Crippen LogP contribution in [0.25, 0.3) is 6.08 Å². The molecule has 0 saturated carbocycles. The highest BCUT2D eigenvalue weighted by Crippen LogP contribution is 2.39. The van der Waals surface area contributed by atoms with Crippen LogP contribution < -0.4 is 0 Å². The number of aliphatic hydroxyl groups excluding tert-OH is 1. The van der Waals surface area contributed by atoms with Crippen LogP contribution in [0.2, 0.25) is 0 Å². The van der Waals surface area contributed by atoms with E-state index in [2.05, 4.69) is 0 Å². The molecule has 2 unspecified atom stereocenters. The Hall–Kier alpha value is -3.92. The van der Waals surface area contributed by atoms with Crippen LogP contribution in [0.5, 0.6) is 0 Å². The Labute approximate surface area is 200 Å². The number of ether oxygens (including phenoxy) is 1. The summed E-state index contributed by atoms with van der Waals surface area (Å²) in [7, 11) is 0. The van der Waals surface area contributed by atoms with E-state index in [1.165, 1.54) is 0 Å². The Kier molecular flexibility index (Phi) is 7.07. The molecule has 1 heterocycles. The molecule has 0 amide bonds. The lowest BCUT2D eigenvalue weighted by molar-refractivity contribution is -0.168. The van der Waals surface area contributed by atoms with Crippen molar-refractivity contribution in [1.82, 2.24) is 0 Å². The van der Waals surface area contributed by atoms with Crippen molar-refractivity contribution in [3.8, 4) is 0 Å². The number of hydrogen-bond donors (Lipinski definition) is 1. The van der Waals surface area contributed by atoms with E-state index in [-0.39, 0.29) is 12.0 Å². The first-order chi connectivity index (χ1) is 16.5. The van der Waals surface area contributed by atoms with E-state index in [9.17, 15) is 14.7 Å². The lowest BCUT2D eigenvalue weighted by Crippen LogP contribution is -2.50. The highest BCUT2D eigenvalue weighted by Gasteiger charge is 2.50. The number of aliphatic hydroxyl groups is 1. The summed E-state index contributed by atoms with van der Waals surface area (Å²) in [4.78, 5) is 27.0. The Bertz CT molecular complexity index is 1200. The van der Waals surface area contributed by atoms with E-state index in [0.717, 1.165) is 16.7 Å². The molecular weight excluding hydrogens is 424 g/mol. The Balaban J connectivity index is 1.77. The predicted molar refractivity (Wildman–Crippen MR) is 133 cm³/mol. The van der Waals surface area contributed by atoms with Crippen molar-refractivity contribution in [2.75, 3.05) is 0 Å². The van der Waals surface area contributed by atoms with Crippen LogP contribution in [0, 0.1) is 0 Å². The molecule has 2 atom stereocenters. The third-order valence-corrected chi connectivity index (χ3v) is 6.13. The molecule has 0 saturated heterocycles. The summed E-state index contributed by atoms with van der Waals surface area (Å²) in [5.41, 5.74) is 1.17. The molecule has 1 N–H and O–H groups in total. The second kappa shape index (κ2) is 10.3. The summed E-state index contributed by atoms with van der Waals surface area (Å²) in [6.45, 7) is 1.93. The first-order valence-corrected chi connectivity index (χ1v) is 11.6. The number of ketones is 1. The monoisotopic (exact) mass is 452 g/mol. The first kappa shape index (κ1) is 23.2. The fourth-order valence-corrected chi connectivity index (χ4v) is 4.49. The number of rotatable bonds is 8. The van der Waals surface area contributed by atoms with Gasteiger partial charge in [0.2, 0.25) is 5.78 Å². The van der Waals surface area contributed by atoms with Gasteiger partial charge in [-0.3, -0.25) is 4.79 Å². The maximum Gasteiger partial charge on any atom is 0.339 e. The van der Waals surface area contributed by atoms with Crippen molar-refractivity contribution in [1.29, 1.82) is 0 Å². The Morgan fingerprint density at radius 3 is 2.09 bits per heavy atom. The number of cyclic esters (lactones) is 1. The zero-order valence-electron chi connectivity index (χ0n) is 19.2. The average molecular weight is 453 g/mol. The van der Waals surface area contributed by atoms with Crippen LogP contribution in [0.1, 0.15) is 42.4 Å². The molecule has 1 aliphatic rings. The number of carbonyl (C=O) groups excluding carboxylic acids is 2. The smallest absolute Gasteiger partial charge is 0.339 e. The van der Waals surface area contributed by atoms with Crippen LogP contribution in [-0.4, -0.2) is 22.5 Å². The van der Waals surface area contributed by atoms with Gasteiger partial charge in [0.25, 0.3) is 0 Å². The predicted octanol–water partition coefficient (Wildman–Crippen LogP) is 6.20. The summed E-state index contributed by atoms with van der Waals surface area (Å²) in [6.07, 6.45) is 4.89. The molecule has 172 valence electrons. The van der Waals surface area contributed by atoms with Gasteiger partial charge in [0, 0.05) is 12.3 Å². The van der Waals surface area contributed by atoms with Gasteiger partial charge in [0.1, 0.15) is 0 Å². The highest BCUT2D eigenvalue weighted by molar-refractivity contribution is 6.11. The molecule has 0 bridgehead atoms. The fraction of sp³-hybridized carbons (Fsp3) is 0.200. The molecule has 4 nitrogen and oxygen atoms in total. The second-order valence-electron chi connectivity index (χ2n) is 8.55. The average Bonchev–Trinajstić information content (AvgIpc) is 2.86. The van der Waals surface area contributed by atoms with Gasteiger partial charge in [0.05, 0.1) is 5.57 Å². The SMILES string of the molecule is CCCC1(Cc2ccccc2)OC(=O)C(C(C=Cc2ccccc2)c2ccccc2)=C(O)C1=O. The number of Topliss-reactive ketones (excluding diaryl/α,β-unsaturated/α-hetero) is 1. The molecule has 1 aliphatic heterocycles. The van der Waals surface area contributed by atoms with Gasteiger partial charge in [-0.2, -0.15) is 0 Å². The van der Waals surface area contributed by atoms with Crippen molar-refractivity contribution in [2.45, 2.75) is 37.7 Å². The van der Waals surface area contributed by atoms with Crippen molar-refractivity contribution >= 4 is 17.8 Å². The maximum absolute atomic E-state index is 13.6. The Morgan fingerprint density at radius 1 is 0.882 bits per heavy atom. The lowest BCUT2D eigenvalue weighted by atomic mass is 9.79. The molecule has 34 heavy (non-hydrogen) atoms. The van der Waals surface area contributed by atoms with Crippen LogP contribution in [0.4, 0.5) is 0 Å². The lowest BCUT2D eigenvalue weighted by Gasteiger charge is -2.36. The van der Waals surface area contributed by atoms with E-state index >= 15 is 0 Å². The summed E-state index contributed by atoms with van der Waals surface area (Å²) >= 11 is 0. The summed E-state index contributed by atoms with van der Waals surface area (Å²) < 4.78 is 5.93. The van der Waals surface area contributed by atoms with Crippen molar-refractivity contribution in [2.24, 2.45) is 0 Å². The number of hydrogen-bond acceptors (Lipinski definition) is 4. The van der Waals surface area contributed by atoms with Gasteiger partial charge in [-0.25, -0.2) is 4.79 Å². The summed E-state index contributed by atoms with van der Waals surface area (Å²) in [5, 5.41) is 11.2. The third-order valence-electron chi connectivity index (χ3n) is 6.13. The fourth-order valence-electron chi connectivity index (χ4n) is 4.49. The van der Waals surface area contributed by atoms with Crippen LogP contribution in [-0.2, 0) is 20.7 Å². The molecule has 4 rings (SSSR count). The van der Waals surface area contributed by atoms with Crippen molar-refractivity contribution in [3.05, 3.63) is 125 Å². The van der Waals surface area contributed by atoms with Crippen LogP contribution in [0.3, 0.4) is 0 Å². The standard InChI is InChI=1S/C30H28O4/c1-2-20-30(21-23-14-8-4-9-15-23)28(32)27(31)26(29(33)34-30)25(24-16-10-5-11-17-24)19-18-22-12-6-3-7-13-22/h3-19,25,31H,2,20-21H2,1H3. The van der Waals surface area contributed by atoms with Gasteiger partial charge in [-0.05, 0) is 23.1 Å². The zero-order chi connectivity index (χ0) is 24.0. The molecule has 4 heteroatoms. The third kappa shape index (κ3) is 4.86. The topological polar surface area (TPSA) is 63.6 Å². The molecule has 3 aromatic carbocycles. The number of allylic oxidation sites excluding steroid dienone is 1. The van der Waals surface area contributed by atoms with Crippen molar-refractivity contribution in [3.63, 3.8) is 0 Å². The number of esters is 1. The van der Waals surface area contributed by atoms with Crippen LogP contribution >= 0.6 is 0 Å². The zero-order valence-corrected chi connectivity index (χ0v) is 19.2. The van der Waals surface area contributed by atoms with E-state index in [0.29, 0.717) is 12.8 Å². The molecule has 0 spiro atoms. The molecule has 3 aromatic rings. The summed E-state index contributed by atoms with van der Waals surface area (Å²) in [5.74, 6) is -2.34.